The molecule has 2 N–H and O–H groups in total. The van der Waals surface area contributed by atoms with E-state index in [4.69, 9.17) is 4.74 Å². The van der Waals surface area contributed by atoms with Crippen molar-refractivity contribution in [2.24, 2.45) is 0 Å². The van der Waals surface area contributed by atoms with Gasteiger partial charge in [0, 0.05) is 12.2 Å². The zero-order chi connectivity index (χ0) is 16.2. The quantitative estimate of drug-likeness (QED) is 0.544. The molecule has 0 saturated carbocycles. The van der Waals surface area contributed by atoms with Crippen LogP contribution in [0.15, 0.2) is 24.3 Å². The molecule has 22 heavy (non-hydrogen) atoms. The van der Waals surface area contributed by atoms with Gasteiger partial charge in [-0.2, -0.15) is 0 Å². The fraction of sp³-hybridized carbons (Fsp3) is 0.529. The van der Waals surface area contributed by atoms with Crippen molar-refractivity contribution in [3.63, 3.8) is 0 Å². The molecule has 1 aromatic rings. The first-order valence-electron chi connectivity index (χ1n) is 7.99. The highest BCUT2D eigenvalue weighted by Crippen LogP contribution is 2.15. The van der Waals surface area contributed by atoms with Crippen LogP contribution in [0.5, 0.6) is 5.75 Å². The minimum Gasteiger partial charge on any atom is -0.494 e. The number of benzene rings is 1. The first-order valence-corrected chi connectivity index (χ1v) is 7.99. The van der Waals surface area contributed by atoms with Crippen LogP contribution >= 0.6 is 0 Å². The predicted molar refractivity (Wildman–Crippen MR) is 88.0 cm³/mol. The number of hydrogen-bond acceptors (Lipinski definition) is 3. The molecule has 5 heteroatoms. The van der Waals surface area contributed by atoms with E-state index in [0.29, 0.717) is 18.8 Å². The molecule has 0 aliphatic heterocycles. The fourth-order valence-electron chi connectivity index (χ4n) is 2.00. The van der Waals surface area contributed by atoms with Gasteiger partial charge in [-0.3, -0.25) is 9.59 Å². The number of ether oxygens (including phenoxy) is 1. The van der Waals surface area contributed by atoms with E-state index >= 15 is 0 Å². The van der Waals surface area contributed by atoms with E-state index in [0.717, 1.165) is 18.6 Å². The van der Waals surface area contributed by atoms with Gasteiger partial charge >= 0.3 is 11.8 Å². The van der Waals surface area contributed by atoms with Crippen LogP contribution in [0.1, 0.15) is 46.0 Å². The van der Waals surface area contributed by atoms with Crippen molar-refractivity contribution in [3.8, 4) is 5.75 Å². The summed E-state index contributed by atoms with van der Waals surface area (Å²) in [6.45, 7) is 5.20. The van der Waals surface area contributed by atoms with Crippen molar-refractivity contribution < 1.29 is 14.3 Å². The standard InChI is InChI=1S/C17H26N2O3/c1-3-5-6-7-8-13-18-16(20)17(21)19-14-9-11-15(12-10-14)22-4-2/h9-12H,3-8,13H2,1-2H3,(H,18,20)(H,19,21). The van der Waals surface area contributed by atoms with Gasteiger partial charge in [0.1, 0.15) is 5.75 Å². The van der Waals surface area contributed by atoms with Gasteiger partial charge in [-0.1, -0.05) is 32.6 Å². The molecule has 0 radical (unpaired) electrons. The highest BCUT2D eigenvalue weighted by molar-refractivity contribution is 6.39. The number of rotatable bonds is 9. The van der Waals surface area contributed by atoms with Crippen LogP contribution in [0.2, 0.25) is 0 Å². The topological polar surface area (TPSA) is 67.4 Å². The van der Waals surface area contributed by atoms with Crippen molar-refractivity contribution in [2.45, 2.75) is 46.0 Å². The van der Waals surface area contributed by atoms with E-state index in [2.05, 4.69) is 17.6 Å². The third-order valence-corrected chi connectivity index (χ3v) is 3.20. The Morgan fingerprint density at radius 2 is 1.64 bits per heavy atom. The molecule has 0 atom stereocenters. The summed E-state index contributed by atoms with van der Waals surface area (Å²) in [5, 5.41) is 5.20. The van der Waals surface area contributed by atoms with Crippen LogP contribution in [0.4, 0.5) is 5.69 Å². The van der Waals surface area contributed by atoms with E-state index in [-0.39, 0.29) is 0 Å². The lowest BCUT2D eigenvalue weighted by atomic mass is 10.1. The smallest absolute Gasteiger partial charge is 0.313 e. The van der Waals surface area contributed by atoms with Gasteiger partial charge in [0.2, 0.25) is 0 Å². The van der Waals surface area contributed by atoms with Gasteiger partial charge in [0.15, 0.2) is 0 Å². The lowest BCUT2D eigenvalue weighted by molar-refractivity contribution is -0.136. The Labute approximate surface area is 132 Å². The van der Waals surface area contributed by atoms with Crippen LogP contribution in [-0.2, 0) is 9.59 Å². The summed E-state index contributed by atoms with van der Waals surface area (Å²) < 4.78 is 5.31. The molecule has 0 heterocycles. The minimum absolute atomic E-state index is 0.541. The summed E-state index contributed by atoms with van der Waals surface area (Å²) in [6, 6.07) is 6.93. The van der Waals surface area contributed by atoms with Crippen LogP contribution in [0, 0.1) is 0 Å². The second-order valence-electron chi connectivity index (χ2n) is 5.08. The van der Waals surface area contributed by atoms with Crippen molar-refractivity contribution in [2.75, 3.05) is 18.5 Å². The highest BCUT2D eigenvalue weighted by Gasteiger charge is 2.12. The summed E-state index contributed by atoms with van der Waals surface area (Å²) in [6.07, 6.45) is 5.56. The van der Waals surface area contributed by atoms with E-state index < -0.39 is 11.8 Å². The van der Waals surface area contributed by atoms with E-state index in [9.17, 15) is 9.59 Å². The van der Waals surface area contributed by atoms with Crippen LogP contribution in [0.25, 0.3) is 0 Å². The number of unbranched alkanes of at least 4 members (excludes halogenated alkanes) is 4. The minimum atomic E-state index is -0.641. The summed E-state index contributed by atoms with van der Waals surface area (Å²) in [7, 11) is 0. The number of carbonyl (C=O) groups excluding carboxylic acids is 2. The Hall–Kier alpha value is -2.04. The Morgan fingerprint density at radius 3 is 2.27 bits per heavy atom. The summed E-state index contributed by atoms with van der Waals surface area (Å²) in [5.41, 5.74) is 0.576. The lowest BCUT2D eigenvalue weighted by Gasteiger charge is -2.07. The predicted octanol–water partition coefficient (Wildman–Crippen LogP) is 3.11. The number of nitrogens with one attached hydrogen (secondary N) is 2. The van der Waals surface area contributed by atoms with Crippen LogP contribution in [0.3, 0.4) is 0 Å². The first-order chi connectivity index (χ1) is 10.7. The van der Waals surface area contributed by atoms with Gasteiger partial charge in [-0.15, -0.1) is 0 Å². The monoisotopic (exact) mass is 306 g/mol. The van der Waals surface area contributed by atoms with Gasteiger partial charge < -0.3 is 15.4 Å². The summed E-state index contributed by atoms with van der Waals surface area (Å²) >= 11 is 0. The molecule has 0 aliphatic carbocycles. The molecule has 2 amide bonds. The molecule has 1 rings (SSSR count). The maximum atomic E-state index is 11.7. The van der Waals surface area contributed by atoms with Crippen molar-refractivity contribution in [1.29, 1.82) is 0 Å². The molecule has 0 unspecified atom stereocenters. The molecule has 0 bridgehead atoms. The largest absolute Gasteiger partial charge is 0.494 e. The number of carbonyl (C=O) groups is 2. The Kier molecular flexibility index (Phi) is 8.72. The van der Waals surface area contributed by atoms with Crippen LogP contribution < -0.4 is 15.4 Å². The Bertz CT molecular complexity index is 457. The van der Waals surface area contributed by atoms with Gasteiger partial charge in [0.05, 0.1) is 6.61 Å². The SMILES string of the molecule is CCCCCCCNC(=O)C(=O)Nc1ccc(OCC)cc1. The molecule has 0 spiro atoms. The molecule has 5 nitrogen and oxygen atoms in total. The van der Waals surface area contributed by atoms with E-state index in [1.54, 1.807) is 24.3 Å². The Balaban J connectivity index is 2.27. The third-order valence-electron chi connectivity index (χ3n) is 3.20. The zero-order valence-electron chi connectivity index (χ0n) is 13.5. The zero-order valence-corrected chi connectivity index (χ0v) is 13.5. The maximum Gasteiger partial charge on any atom is 0.313 e. The van der Waals surface area contributed by atoms with Gasteiger partial charge in [-0.05, 0) is 37.6 Å². The van der Waals surface area contributed by atoms with Crippen LogP contribution in [-0.4, -0.2) is 25.0 Å². The summed E-state index contributed by atoms with van der Waals surface area (Å²) in [4.78, 5) is 23.4. The third kappa shape index (κ3) is 7.11. The molecule has 0 fully saturated rings. The number of amides is 2. The molecular weight excluding hydrogens is 280 g/mol. The second-order valence-corrected chi connectivity index (χ2v) is 5.08. The van der Waals surface area contributed by atoms with Crippen molar-refractivity contribution >= 4 is 17.5 Å². The van der Waals surface area contributed by atoms with E-state index in [1.807, 2.05) is 6.92 Å². The van der Waals surface area contributed by atoms with E-state index in [1.165, 1.54) is 19.3 Å². The molecule has 122 valence electrons. The molecule has 0 aliphatic rings. The average molecular weight is 306 g/mol. The highest BCUT2D eigenvalue weighted by atomic mass is 16.5. The average Bonchev–Trinajstić information content (AvgIpc) is 2.52. The Morgan fingerprint density at radius 1 is 0.955 bits per heavy atom. The first kappa shape index (κ1) is 18.0. The molecular formula is C17H26N2O3. The van der Waals surface area contributed by atoms with Gasteiger partial charge in [-0.25, -0.2) is 0 Å². The van der Waals surface area contributed by atoms with Crippen molar-refractivity contribution in [1.82, 2.24) is 5.32 Å². The maximum absolute atomic E-state index is 11.7. The van der Waals surface area contributed by atoms with Crippen molar-refractivity contribution in [3.05, 3.63) is 24.3 Å². The molecule has 1 aromatic carbocycles. The number of anilines is 1. The molecule has 0 aromatic heterocycles. The normalized spacial score (nSPS) is 10.1. The molecule has 0 saturated heterocycles. The summed E-state index contributed by atoms with van der Waals surface area (Å²) in [5.74, 6) is -0.501. The fourth-order valence-corrected chi connectivity index (χ4v) is 2.00. The number of hydrogen-bond donors (Lipinski definition) is 2. The lowest BCUT2D eigenvalue weighted by Crippen LogP contribution is -2.35. The second kappa shape index (κ2) is 10.7. The van der Waals surface area contributed by atoms with Gasteiger partial charge in [0.25, 0.3) is 0 Å².